The summed E-state index contributed by atoms with van der Waals surface area (Å²) in [6.07, 6.45) is 0.241. The number of esters is 1. The van der Waals surface area contributed by atoms with Crippen molar-refractivity contribution in [3.05, 3.63) is 35.9 Å². The molecule has 1 aromatic carbocycles. The normalized spacial score (nSPS) is 23.3. The van der Waals surface area contributed by atoms with Gasteiger partial charge < -0.3 is 14.4 Å². The number of amides is 2. The molecule has 2 aliphatic rings. The zero-order chi connectivity index (χ0) is 18.9. The van der Waals surface area contributed by atoms with E-state index in [4.69, 9.17) is 9.47 Å². The van der Waals surface area contributed by atoms with Crippen LogP contribution in [0.2, 0.25) is 0 Å². The molecule has 3 rings (SSSR count). The summed E-state index contributed by atoms with van der Waals surface area (Å²) in [5.74, 6) is -0.605. The molecule has 0 bridgehead atoms. The zero-order valence-electron chi connectivity index (χ0n) is 15.3. The van der Waals surface area contributed by atoms with Crippen molar-refractivity contribution >= 4 is 18.2 Å². The molecule has 7 heteroatoms. The minimum atomic E-state index is -0.808. The Labute approximate surface area is 152 Å². The van der Waals surface area contributed by atoms with Gasteiger partial charge in [0.25, 0.3) is 0 Å². The third kappa shape index (κ3) is 3.81. The molecule has 2 atom stereocenters. The molecule has 7 nitrogen and oxygen atoms in total. The van der Waals surface area contributed by atoms with Crippen LogP contribution in [-0.2, 0) is 20.8 Å². The summed E-state index contributed by atoms with van der Waals surface area (Å²) in [5.41, 5.74) is 0.269. The van der Waals surface area contributed by atoms with Gasteiger partial charge in [-0.15, -0.1) is 0 Å². The first-order valence-electron chi connectivity index (χ1n) is 8.82. The molecule has 2 aliphatic heterocycles. The maximum atomic E-state index is 12.5. The highest BCUT2D eigenvalue weighted by Gasteiger charge is 2.50. The van der Waals surface area contributed by atoms with E-state index in [-0.39, 0.29) is 6.54 Å². The molecule has 0 radical (unpaired) electrons. The summed E-state index contributed by atoms with van der Waals surface area (Å²) < 4.78 is 10.3. The first kappa shape index (κ1) is 18.2. The maximum Gasteiger partial charge on any atom is 0.418 e. The largest absolute Gasteiger partial charge is 0.444 e. The van der Waals surface area contributed by atoms with Crippen LogP contribution in [0.1, 0.15) is 39.2 Å². The standard InChI is InChI=1S/C19H24N2O5/c1-19(2,3)26-18(24)20-11-7-10-14(20)15-16(22)25-17(23)21(15)12-13-8-5-4-6-9-13/h4-6,8-9,14-15H,7,10-12H2,1-3H3/t14-,15+/m0/s1. The van der Waals surface area contributed by atoms with Crippen molar-refractivity contribution in [1.82, 2.24) is 9.80 Å². The van der Waals surface area contributed by atoms with E-state index in [2.05, 4.69) is 0 Å². The Hall–Kier alpha value is -2.57. The quantitative estimate of drug-likeness (QED) is 0.612. The van der Waals surface area contributed by atoms with Crippen LogP contribution in [0, 0.1) is 0 Å². The van der Waals surface area contributed by atoms with Crippen molar-refractivity contribution in [3.63, 3.8) is 0 Å². The number of carbonyl (C=O) groups excluding carboxylic acids is 3. The Bertz CT molecular complexity index is 698. The lowest BCUT2D eigenvalue weighted by Gasteiger charge is -2.33. The lowest BCUT2D eigenvalue weighted by molar-refractivity contribution is -0.137. The fraction of sp³-hybridized carbons (Fsp3) is 0.526. The highest BCUT2D eigenvalue weighted by atomic mass is 16.6. The van der Waals surface area contributed by atoms with Gasteiger partial charge in [-0.05, 0) is 39.2 Å². The number of hydrogen-bond donors (Lipinski definition) is 0. The van der Waals surface area contributed by atoms with Crippen molar-refractivity contribution in [2.45, 2.75) is 57.8 Å². The number of cyclic esters (lactones) is 2. The van der Waals surface area contributed by atoms with Crippen LogP contribution in [0.5, 0.6) is 0 Å². The van der Waals surface area contributed by atoms with Crippen LogP contribution in [0.3, 0.4) is 0 Å². The summed E-state index contributed by atoms with van der Waals surface area (Å²) in [4.78, 5) is 40.1. The van der Waals surface area contributed by atoms with Gasteiger partial charge in [-0.1, -0.05) is 30.3 Å². The van der Waals surface area contributed by atoms with Crippen molar-refractivity contribution in [1.29, 1.82) is 0 Å². The molecule has 0 aromatic heterocycles. The van der Waals surface area contributed by atoms with Crippen LogP contribution in [0.25, 0.3) is 0 Å². The van der Waals surface area contributed by atoms with Crippen molar-refractivity contribution < 1.29 is 23.9 Å². The van der Waals surface area contributed by atoms with E-state index < -0.39 is 35.8 Å². The van der Waals surface area contributed by atoms with Gasteiger partial charge in [-0.25, -0.2) is 14.4 Å². The molecule has 0 saturated carbocycles. The van der Waals surface area contributed by atoms with Gasteiger partial charge in [-0.2, -0.15) is 0 Å². The third-order valence-corrected chi connectivity index (χ3v) is 4.49. The Morgan fingerprint density at radius 2 is 1.92 bits per heavy atom. The molecule has 2 fully saturated rings. The predicted octanol–water partition coefficient (Wildman–Crippen LogP) is 2.93. The first-order chi connectivity index (χ1) is 12.3. The van der Waals surface area contributed by atoms with E-state index in [1.54, 1.807) is 25.7 Å². The van der Waals surface area contributed by atoms with E-state index in [9.17, 15) is 14.4 Å². The average molecular weight is 360 g/mol. The van der Waals surface area contributed by atoms with Gasteiger partial charge in [0.05, 0.1) is 12.6 Å². The third-order valence-electron chi connectivity index (χ3n) is 4.49. The summed E-state index contributed by atoms with van der Waals surface area (Å²) in [5, 5.41) is 0. The predicted molar refractivity (Wildman–Crippen MR) is 93.2 cm³/mol. The second kappa shape index (κ2) is 6.97. The second-order valence-electron chi connectivity index (χ2n) is 7.63. The lowest BCUT2D eigenvalue weighted by atomic mass is 10.0. The number of rotatable bonds is 3. The summed E-state index contributed by atoms with van der Waals surface area (Å²) in [7, 11) is 0. The van der Waals surface area contributed by atoms with Gasteiger partial charge in [0.15, 0.2) is 6.04 Å². The molecular weight excluding hydrogens is 336 g/mol. The minimum absolute atomic E-state index is 0.259. The number of hydrogen-bond acceptors (Lipinski definition) is 5. The Morgan fingerprint density at radius 1 is 1.23 bits per heavy atom. The highest BCUT2D eigenvalue weighted by Crippen LogP contribution is 2.30. The van der Waals surface area contributed by atoms with E-state index in [0.717, 1.165) is 12.0 Å². The Morgan fingerprint density at radius 3 is 2.58 bits per heavy atom. The fourth-order valence-electron chi connectivity index (χ4n) is 3.42. The van der Waals surface area contributed by atoms with Gasteiger partial charge in [0, 0.05) is 6.54 Å². The number of carbonyl (C=O) groups is 3. The van der Waals surface area contributed by atoms with Crippen LogP contribution in [0.4, 0.5) is 9.59 Å². The highest BCUT2D eigenvalue weighted by molar-refractivity contribution is 5.96. The summed E-state index contributed by atoms with van der Waals surface area (Å²) in [6.45, 7) is 6.15. The molecule has 140 valence electrons. The Kier molecular flexibility index (Phi) is 4.89. The smallest absolute Gasteiger partial charge is 0.418 e. The number of benzene rings is 1. The molecule has 26 heavy (non-hydrogen) atoms. The molecule has 0 N–H and O–H groups in total. The number of nitrogens with zero attached hydrogens (tertiary/aromatic N) is 2. The van der Waals surface area contributed by atoms with E-state index >= 15 is 0 Å². The Balaban J connectivity index is 1.81. The molecule has 2 saturated heterocycles. The van der Waals surface area contributed by atoms with Gasteiger partial charge in [0.1, 0.15) is 5.60 Å². The lowest BCUT2D eigenvalue weighted by Crippen LogP contribution is -2.52. The molecule has 0 unspecified atom stereocenters. The average Bonchev–Trinajstić information content (AvgIpc) is 3.12. The van der Waals surface area contributed by atoms with Crippen molar-refractivity contribution in [2.75, 3.05) is 6.54 Å². The SMILES string of the molecule is CC(C)(C)OC(=O)N1CCC[C@H]1[C@@H]1C(=O)OC(=O)N1Cc1ccccc1. The van der Waals surface area contributed by atoms with Crippen LogP contribution in [-0.4, -0.2) is 52.2 Å². The molecule has 0 spiro atoms. The summed E-state index contributed by atoms with van der Waals surface area (Å²) >= 11 is 0. The van der Waals surface area contributed by atoms with Crippen LogP contribution in [0.15, 0.2) is 30.3 Å². The topological polar surface area (TPSA) is 76.1 Å². The van der Waals surface area contributed by atoms with Crippen LogP contribution >= 0.6 is 0 Å². The zero-order valence-corrected chi connectivity index (χ0v) is 15.3. The van der Waals surface area contributed by atoms with Gasteiger partial charge >= 0.3 is 18.2 Å². The number of ether oxygens (including phenoxy) is 2. The van der Waals surface area contributed by atoms with E-state index in [0.29, 0.717) is 13.0 Å². The van der Waals surface area contributed by atoms with Gasteiger partial charge in [0.2, 0.25) is 0 Å². The molecular formula is C19H24N2O5. The molecule has 2 amide bonds. The first-order valence-corrected chi connectivity index (χ1v) is 8.82. The van der Waals surface area contributed by atoms with Crippen molar-refractivity contribution in [2.24, 2.45) is 0 Å². The van der Waals surface area contributed by atoms with E-state index in [1.165, 1.54) is 4.90 Å². The van der Waals surface area contributed by atoms with Crippen molar-refractivity contribution in [3.8, 4) is 0 Å². The number of likely N-dealkylation sites (tertiary alicyclic amines) is 1. The maximum absolute atomic E-state index is 12.5. The monoisotopic (exact) mass is 360 g/mol. The molecule has 0 aliphatic carbocycles. The fourth-order valence-corrected chi connectivity index (χ4v) is 3.42. The molecule has 1 aromatic rings. The minimum Gasteiger partial charge on any atom is -0.444 e. The van der Waals surface area contributed by atoms with Crippen LogP contribution < -0.4 is 0 Å². The summed E-state index contributed by atoms with van der Waals surface area (Å²) in [6, 6.07) is 8.15. The second-order valence-corrected chi connectivity index (χ2v) is 7.63. The van der Waals surface area contributed by atoms with E-state index in [1.807, 2.05) is 30.3 Å². The molecule has 2 heterocycles. The van der Waals surface area contributed by atoms with Gasteiger partial charge in [-0.3, -0.25) is 4.90 Å².